The summed E-state index contributed by atoms with van der Waals surface area (Å²) >= 11 is 6.06. The Bertz CT molecular complexity index is 570. The van der Waals surface area contributed by atoms with E-state index in [1.165, 1.54) is 0 Å². The lowest BCUT2D eigenvalue weighted by Gasteiger charge is -2.15. The van der Waals surface area contributed by atoms with Crippen molar-refractivity contribution >= 4 is 11.6 Å². The Morgan fingerprint density at radius 2 is 1.68 bits per heavy atom. The van der Waals surface area contributed by atoms with E-state index in [1.54, 1.807) is 6.07 Å². The van der Waals surface area contributed by atoms with Gasteiger partial charge in [-0.15, -0.1) is 0 Å². The molecule has 4 heteroatoms. The molecule has 0 unspecified atom stereocenters. The third kappa shape index (κ3) is 3.61. The van der Waals surface area contributed by atoms with Crippen LogP contribution in [0, 0.1) is 6.92 Å². The highest BCUT2D eigenvalue weighted by Crippen LogP contribution is 2.34. The highest BCUT2D eigenvalue weighted by atomic mass is 35.5. The van der Waals surface area contributed by atoms with Crippen molar-refractivity contribution in [1.29, 1.82) is 0 Å². The summed E-state index contributed by atoms with van der Waals surface area (Å²) in [6, 6.07) is 11.2. The predicted molar refractivity (Wildman–Crippen MR) is 76.3 cm³/mol. The summed E-state index contributed by atoms with van der Waals surface area (Å²) in [6.07, 6.45) is 0.0800. The van der Waals surface area contributed by atoms with Crippen molar-refractivity contribution in [2.24, 2.45) is 0 Å². The highest BCUT2D eigenvalue weighted by Gasteiger charge is 2.10. The van der Waals surface area contributed by atoms with Crippen molar-refractivity contribution in [2.75, 3.05) is 0 Å². The average Bonchev–Trinajstić information content (AvgIpc) is 2.34. The van der Waals surface area contributed by atoms with Crippen LogP contribution >= 0.6 is 11.6 Å². The maximum absolute atomic E-state index is 6.06. The zero-order chi connectivity index (χ0) is 13.8. The molecule has 0 saturated heterocycles. The first-order chi connectivity index (χ1) is 9.06. The van der Waals surface area contributed by atoms with E-state index in [1.807, 2.05) is 51.1 Å². The molecule has 0 N–H and O–H groups in total. The third-order valence-corrected chi connectivity index (χ3v) is 2.66. The van der Waals surface area contributed by atoms with E-state index in [-0.39, 0.29) is 6.10 Å². The van der Waals surface area contributed by atoms with Gasteiger partial charge in [-0.3, -0.25) is 0 Å². The van der Waals surface area contributed by atoms with Crippen molar-refractivity contribution < 1.29 is 9.47 Å². The topological polar surface area (TPSA) is 31.4 Å². The molecule has 0 atom stereocenters. The van der Waals surface area contributed by atoms with Crippen LogP contribution in [0.3, 0.4) is 0 Å². The second-order valence-corrected chi connectivity index (χ2v) is 4.81. The summed E-state index contributed by atoms with van der Waals surface area (Å²) in [7, 11) is 0. The Morgan fingerprint density at radius 3 is 2.32 bits per heavy atom. The van der Waals surface area contributed by atoms with Gasteiger partial charge in [0.05, 0.1) is 6.10 Å². The number of rotatable bonds is 4. The molecule has 1 aromatic carbocycles. The number of para-hydroxylation sites is 2. The van der Waals surface area contributed by atoms with E-state index >= 15 is 0 Å². The zero-order valence-corrected chi connectivity index (χ0v) is 11.9. The summed E-state index contributed by atoms with van der Waals surface area (Å²) in [5, 5.41) is 0.347. The molecular formula is C15H16ClNO2. The number of hydrogen-bond donors (Lipinski definition) is 0. The molecule has 0 bridgehead atoms. The molecule has 2 rings (SSSR count). The molecule has 0 aliphatic carbocycles. The second kappa shape index (κ2) is 5.93. The molecule has 0 aliphatic heterocycles. The SMILES string of the molecule is Cc1ccc(Oc2ccccc2OC(C)C)c(Cl)n1. The van der Waals surface area contributed by atoms with Gasteiger partial charge in [-0.05, 0) is 45.0 Å². The van der Waals surface area contributed by atoms with Gasteiger partial charge in [0.2, 0.25) is 0 Å². The Labute approximate surface area is 118 Å². The van der Waals surface area contributed by atoms with E-state index in [2.05, 4.69) is 4.98 Å². The predicted octanol–water partition coefficient (Wildman–Crippen LogP) is 4.62. The Balaban J connectivity index is 2.27. The molecule has 1 aromatic heterocycles. The number of aromatic nitrogens is 1. The molecule has 2 aromatic rings. The lowest BCUT2D eigenvalue weighted by Crippen LogP contribution is -2.06. The summed E-state index contributed by atoms with van der Waals surface area (Å²) in [5.74, 6) is 1.84. The van der Waals surface area contributed by atoms with Crippen LogP contribution < -0.4 is 9.47 Å². The molecule has 100 valence electrons. The van der Waals surface area contributed by atoms with Crippen LogP contribution in [0.4, 0.5) is 0 Å². The number of benzene rings is 1. The molecule has 3 nitrogen and oxygen atoms in total. The smallest absolute Gasteiger partial charge is 0.171 e. The van der Waals surface area contributed by atoms with Gasteiger partial charge in [-0.2, -0.15) is 0 Å². The normalized spacial score (nSPS) is 10.6. The molecule has 0 amide bonds. The van der Waals surface area contributed by atoms with Gasteiger partial charge >= 0.3 is 0 Å². The van der Waals surface area contributed by atoms with Gasteiger partial charge in [-0.25, -0.2) is 4.98 Å². The minimum absolute atomic E-state index is 0.0800. The maximum atomic E-state index is 6.06. The minimum Gasteiger partial charge on any atom is -0.487 e. The lowest BCUT2D eigenvalue weighted by molar-refractivity contribution is 0.233. The van der Waals surface area contributed by atoms with E-state index in [9.17, 15) is 0 Å². The summed E-state index contributed by atoms with van der Waals surface area (Å²) in [6.45, 7) is 5.82. The molecule has 0 fully saturated rings. The van der Waals surface area contributed by atoms with Crippen molar-refractivity contribution in [2.45, 2.75) is 26.9 Å². The van der Waals surface area contributed by atoms with Crippen LogP contribution in [0.25, 0.3) is 0 Å². The number of halogens is 1. The van der Waals surface area contributed by atoms with Crippen LogP contribution in [-0.4, -0.2) is 11.1 Å². The molecule has 0 aliphatic rings. The standard InChI is InChI=1S/C15H16ClNO2/c1-10(2)18-12-6-4-5-7-13(12)19-14-9-8-11(3)17-15(14)16/h4-10H,1-3H3. The van der Waals surface area contributed by atoms with E-state index in [0.717, 1.165) is 5.69 Å². The summed E-state index contributed by atoms with van der Waals surface area (Å²) in [5.41, 5.74) is 0.851. The van der Waals surface area contributed by atoms with Gasteiger partial charge in [0, 0.05) is 5.69 Å². The van der Waals surface area contributed by atoms with Gasteiger partial charge in [0.15, 0.2) is 22.4 Å². The molecule has 0 radical (unpaired) electrons. The van der Waals surface area contributed by atoms with Crippen LogP contribution in [0.5, 0.6) is 17.2 Å². The van der Waals surface area contributed by atoms with Crippen LogP contribution in [-0.2, 0) is 0 Å². The Hall–Kier alpha value is -1.74. The van der Waals surface area contributed by atoms with Crippen molar-refractivity contribution in [1.82, 2.24) is 4.98 Å². The fraction of sp³-hybridized carbons (Fsp3) is 0.267. The molecular weight excluding hydrogens is 262 g/mol. The lowest BCUT2D eigenvalue weighted by atomic mass is 10.3. The quantitative estimate of drug-likeness (QED) is 0.764. The Kier molecular flexibility index (Phi) is 4.27. The van der Waals surface area contributed by atoms with Crippen LogP contribution in [0.1, 0.15) is 19.5 Å². The molecule has 1 heterocycles. The average molecular weight is 278 g/mol. The fourth-order valence-corrected chi connectivity index (χ4v) is 1.83. The summed E-state index contributed by atoms with van der Waals surface area (Å²) in [4.78, 5) is 4.16. The van der Waals surface area contributed by atoms with Gasteiger partial charge in [0.25, 0.3) is 0 Å². The first-order valence-electron chi connectivity index (χ1n) is 6.13. The fourth-order valence-electron chi connectivity index (χ4n) is 1.59. The monoisotopic (exact) mass is 277 g/mol. The number of pyridine rings is 1. The van der Waals surface area contributed by atoms with Gasteiger partial charge in [-0.1, -0.05) is 23.7 Å². The Morgan fingerprint density at radius 1 is 1.00 bits per heavy atom. The minimum atomic E-state index is 0.0800. The van der Waals surface area contributed by atoms with E-state index in [0.29, 0.717) is 22.4 Å². The second-order valence-electron chi connectivity index (χ2n) is 4.46. The largest absolute Gasteiger partial charge is 0.487 e. The zero-order valence-electron chi connectivity index (χ0n) is 11.2. The third-order valence-electron chi connectivity index (χ3n) is 2.39. The van der Waals surface area contributed by atoms with Crippen molar-refractivity contribution in [3.05, 3.63) is 47.2 Å². The molecule has 0 saturated carbocycles. The van der Waals surface area contributed by atoms with Crippen LogP contribution in [0.2, 0.25) is 5.15 Å². The molecule has 19 heavy (non-hydrogen) atoms. The molecule has 0 spiro atoms. The first kappa shape index (κ1) is 13.7. The van der Waals surface area contributed by atoms with Gasteiger partial charge in [0.1, 0.15) is 0 Å². The highest BCUT2D eigenvalue weighted by molar-refractivity contribution is 6.30. The number of aryl methyl sites for hydroxylation is 1. The van der Waals surface area contributed by atoms with Crippen molar-refractivity contribution in [3.8, 4) is 17.2 Å². The number of ether oxygens (including phenoxy) is 2. The van der Waals surface area contributed by atoms with Crippen molar-refractivity contribution in [3.63, 3.8) is 0 Å². The first-order valence-corrected chi connectivity index (χ1v) is 6.50. The number of nitrogens with zero attached hydrogens (tertiary/aromatic N) is 1. The van der Waals surface area contributed by atoms with Gasteiger partial charge < -0.3 is 9.47 Å². The van der Waals surface area contributed by atoms with Crippen LogP contribution in [0.15, 0.2) is 36.4 Å². The number of hydrogen-bond acceptors (Lipinski definition) is 3. The van der Waals surface area contributed by atoms with E-state index < -0.39 is 0 Å². The summed E-state index contributed by atoms with van der Waals surface area (Å²) < 4.78 is 11.5. The maximum Gasteiger partial charge on any atom is 0.171 e. The van der Waals surface area contributed by atoms with E-state index in [4.69, 9.17) is 21.1 Å².